The summed E-state index contributed by atoms with van der Waals surface area (Å²) < 4.78 is 0. The Labute approximate surface area is 144 Å². The minimum atomic E-state index is -0.402. The van der Waals surface area contributed by atoms with E-state index >= 15 is 0 Å². The molecule has 0 aliphatic heterocycles. The van der Waals surface area contributed by atoms with Gasteiger partial charge in [0.05, 0.1) is 16.8 Å². The van der Waals surface area contributed by atoms with Crippen LogP contribution >= 0.6 is 11.6 Å². The molecule has 0 radical (unpaired) electrons. The highest BCUT2D eigenvalue weighted by atomic mass is 35.5. The van der Waals surface area contributed by atoms with Crippen LogP contribution in [0.5, 0.6) is 0 Å². The van der Waals surface area contributed by atoms with Crippen molar-refractivity contribution in [3.63, 3.8) is 0 Å². The Morgan fingerprint density at radius 1 is 1.30 bits per heavy atom. The van der Waals surface area contributed by atoms with Gasteiger partial charge in [0.25, 0.3) is 0 Å². The van der Waals surface area contributed by atoms with E-state index < -0.39 is 6.04 Å². The highest BCUT2D eigenvalue weighted by molar-refractivity contribution is 6.33. The zero-order valence-corrected chi connectivity index (χ0v) is 14.6. The Morgan fingerprint density at radius 3 is 2.70 bits per heavy atom. The molecule has 0 saturated heterocycles. The highest BCUT2D eigenvalue weighted by Gasteiger charge is 2.22. The molecule has 0 aromatic heterocycles. The van der Waals surface area contributed by atoms with E-state index in [0.717, 1.165) is 12.1 Å². The Morgan fingerprint density at radius 2 is 2.00 bits per heavy atom. The molecule has 23 heavy (non-hydrogen) atoms. The number of carbonyl (C=O) groups is 1. The number of nitrogens with two attached hydrogens (primary N) is 1. The number of amides is 1. The fourth-order valence-corrected chi connectivity index (χ4v) is 3.36. The van der Waals surface area contributed by atoms with Gasteiger partial charge in [0.2, 0.25) is 5.91 Å². The molecule has 0 bridgehead atoms. The van der Waals surface area contributed by atoms with Crippen LogP contribution < -0.4 is 16.4 Å². The minimum absolute atomic E-state index is 0.00354. The van der Waals surface area contributed by atoms with Gasteiger partial charge in [-0.3, -0.25) is 4.79 Å². The maximum Gasteiger partial charge on any atom is 0.237 e. The molecule has 2 atom stereocenters. The van der Waals surface area contributed by atoms with Crippen molar-refractivity contribution in [2.75, 3.05) is 11.9 Å². The molecule has 2 rings (SSSR count). The van der Waals surface area contributed by atoms with E-state index in [1.165, 1.54) is 32.1 Å². The second-order valence-corrected chi connectivity index (χ2v) is 7.02. The van der Waals surface area contributed by atoms with Crippen LogP contribution in [-0.2, 0) is 4.79 Å². The van der Waals surface area contributed by atoms with Crippen molar-refractivity contribution in [3.05, 3.63) is 29.3 Å². The third kappa shape index (κ3) is 6.04. The molecule has 4 nitrogen and oxygen atoms in total. The zero-order valence-electron chi connectivity index (χ0n) is 13.9. The van der Waals surface area contributed by atoms with Gasteiger partial charge in [-0.1, -0.05) is 55.8 Å². The summed E-state index contributed by atoms with van der Waals surface area (Å²) in [4.78, 5) is 12.2. The van der Waals surface area contributed by atoms with Crippen molar-refractivity contribution < 1.29 is 4.79 Å². The summed E-state index contributed by atoms with van der Waals surface area (Å²) in [5.41, 5.74) is 6.95. The first-order valence-electron chi connectivity index (χ1n) is 8.60. The SMILES string of the molecule is C[C@@H](CNc1ccccc1Cl)NC(=O)[C@@H](N)CC1CCCCC1. The summed E-state index contributed by atoms with van der Waals surface area (Å²) in [6, 6.07) is 7.18. The second kappa shape index (κ2) is 9.14. The standard InChI is InChI=1S/C18H28ClN3O/c1-13(12-21-17-10-6-5-9-15(17)19)22-18(23)16(20)11-14-7-3-2-4-8-14/h5-6,9-10,13-14,16,21H,2-4,7-8,11-12,20H2,1H3,(H,22,23)/t13-,16-/m0/s1. The molecule has 0 spiro atoms. The van der Waals surface area contributed by atoms with E-state index in [2.05, 4.69) is 10.6 Å². The van der Waals surface area contributed by atoms with Gasteiger partial charge in [0, 0.05) is 12.6 Å². The van der Waals surface area contributed by atoms with Crippen molar-refractivity contribution in [3.8, 4) is 0 Å². The molecule has 1 aliphatic rings. The quantitative estimate of drug-likeness (QED) is 0.712. The van der Waals surface area contributed by atoms with Gasteiger partial charge in [-0.25, -0.2) is 0 Å². The average molecular weight is 338 g/mol. The Balaban J connectivity index is 1.72. The van der Waals surface area contributed by atoms with Crippen molar-refractivity contribution in [2.45, 2.75) is 57.5 Å². The van der Waals surface area contributed by atoms with Crippen LogP contribution in [-0.4, -0.2) is 24.5 Å². The number of para-hydroxylation sites is 1. The van der Waals surface area contributed by atoms with Crippen LogP contribution in [0.4, 0.5) is 5.69 Å². The molecule has 128 valence electrons. The van der Waals surface area contributed by atoms with E-state index in [-0.39, 0.29) is 11.9 Å². The van der Waals surface area contributed by atoms with Crippen LogP contribution in [0.3, 0.4) is 0 Å². The van der Waals surface area contributed by atoms with Crippen LogP contribution in [0.25, 0.3) is 0 Å². The lowest BCUT2D eigenvalue weighted by Gasteiger charge is -2.25. The van der Waals surface area contributed by atoms with E-state index in [4.69, 9.17) is 17.3 Å². The molecular weight excluding hydrogens is 310 g/mol. The number of halogens is 1. The Bertz CT molecular complexity index is 503. The van der Waals surface area contributed by atoms with Crippen LogP contribution in [0.2, 0.25) is 5.02 Å². The number of rotatable bonds is 7. The first-order valence-corrected chi connectivity index (χ1v) is 8.98. The summed E-state index contributed by atoms with van der Waals surface area (Å²) >= 11 is 6.10. The lowest BCUT2D eigenvalue weighted by Crippen LogP contribution is -2.47. The molecule has 5 heteroatoms. The van der Waals surface area contributed by atoms with E-state index in [0.29, 0.717) is 17.5 Å². The maximum absolute atomic E-state index is 12.2. The van der Waals surface area contributed by atoms with E-state index in [1.54, 1.807) is 0 Å². The van der Waals surface area contributed by atoms with Crippen molar-refractivity contribution in [1.29, 1.82) is 0 Å². The molecule has 1 saturated carbocycles. The molecule has 1 aliphatic carbocycles. The largest absolute Gasteiger partial charge is 0.382 e. The van der Waals surface area contributed by atoms with E-state index in [9.17, 15) is 4.79 Å². The van der Waals surface area contributed by atoms with Crippen LogP contribution in [0, 0.1) is 5.92 Å². The fraction of sp³-hybridized carbons (Fsp3) is 0.611. The molecular formula is C18H28ClN3O. The Kier molecular flexibility index (Phi) is 7.18. The smallest absolute Gasteiger partial charge is 0.237 e. The predicted molar refractivity (Wildman–Crippen MR) is 96.7 cm³/mol. The van der Waals surface area contributed by atoms with Crippen LogP contribution in [0.15, 0.2) is 24.3 Å². The number of benzene rings is 1. The fourth-order valence-electron chi connectivity index (χ4n) is 3.16. The second-order valence-electron chi connectivity index (χ2n) is 6.62. The summed E-state index contributed by atoms with van der Waals surface area (Å²) in [5, 5.41) is 6.92. The molecule has 0 heterocycles. The van der Waals surface area contributed by atoms with Gasteiger partial charge in [-0.15, -0.1) is 0 Å². The van der Waals surface area contributed by atoms with E-state index in [1.807, 2.05) is 31.2 Å². The van der Waals surface area contributed by atoms with Crippen molar-refractivity contribution >= 4 is 23.2 Å². The summed E-state index contributed by atoms with van der Waals surface area (Å²) in [6.07, 6.45) is 7.10. The third-order valence-corrected chi connectivity index (χ3v) is 4.84. The maximum atomic E-state index is 12.2. The molecule has 4 N–H and O–H groups in total. The lowest BCUT2D eigenvalue weighted by molar-refractivity contribution is -0.123. The molecule has 0 unspecified atom stereocenters. The molecule has 1 amide bonds. The summed E-state index contributed by atoms with van der Waals surface area (Å²) in [6.45, 7) is 2.58. The van der Waals surface area contributed by atoms with Crippen molar-refractivity contribution in [1.82, 2.24) is 5.32 Å². The average Bonchev–Trinajstić information content (AvgIpc) is 2.55. The molecule has 1 fully saturated rings. The zero-order chi connectivity index (χ0) is 16.7. The predicted octanol–water partition coefficient (Wildman–Crippen LogP) is 3.55. The monoisotopic (exact) mass is 337 g/mol. The first kappa shape index (κ1) is 18.1. The van der Waals surface area contributed by atoms with Crippen molar-refractivity contribution in [2.24, 2.45) is 11.7 Å². The number of hydrogen-bond acceptors (Lipinski definition) is 3. The number of carbonyl (C=O) groups excluding carboxylic acids is 1. The number of hydrogen-bond donors (Lipinski definition) is 3. The number of anilines is 1. The topological polar surface area (TPSA) is 67.1 Å². The van der Waals surface area contributed by atoms with Gasteiger partial charge in [-0.2, -0.15) is 0 Å². The molecule has 1 aromatic rings. The normalized spacial score (nSPS) is 18.2. The van der Waals surface area contributed by atoms with Gasteiger partial charge >= 0.3 is 0 Å². The number of nitrogens with one attached hydrogen (secondary N) is 2. The van der Waals surface area contributed by atoms with Gasteiger partial charge in [-0.05, 0) is 31.4 Å². The highest BCUT2D eigenvalue weighted by Crippen LogP contribution is 2.27. The first-order chi connectivity index (χ1) is 11.1. The lowest BCUT2D eigenvalue weighted by atomic mass is 9.85. The van der Waals surface area contributed by atoms with Crippen LogP contribution in [0.1, 0.15) is 45.4 Å². The Hall–Kier alpha value is -1.26. The summed E-state index contributed by atoms with van der Waals surface area (Å²) in [7, 11) is 0. The minimum Gasteiger partial charge on any atom is -0.382 e. The third-order valence-electron chi connectivity index (χ3n) is 4.51. The van der Waals surface area contributed by atoms with Gasteiger partial charge < -0.3 is 16.4 Å². The molecule has 1 aromatic carbocycles. The van der Waals surface area contributed by atoms with Gasteiger partial charge in [0.1, 0.15) is 0 Å². The summed E-state index contributed by atoms with van der Waals surface area (Å²) in [5.74, 6) is 0.560. The van der Waals surface area contributed by atoms with Gasteiger partial charge in [0.15, 0.2) is 0 Å².